The van der Waals surface area contributed by atoms with E-state index in [4.69, 9.17) is 0 Å². The molecule has 26 heavy (non-hydrogen) atoms. The summed E-state index contributed by atoms with van der Waals surface area (Å²) in [6.45, 7) is 4.88. The summed E-state index contributed by atoms with van der Waals surface area (Å²) in [5.74, 6) is -0.850. The van der Waals surface area contributed by atoms with Crippen molar-refractivity contribution in [1.29, 1.82) is 0 Å². The number of hydrogen-bond acceptors (Lipinski definition) is 4. The minimum absolute atomic E-state index is 0.0727. The zero-order chi connectivity index (χ0) is 18.3. The Morgan fingerprint density at radius 2 is 2.19 bits per heavy atom. The van der Waals surface area contributed by atoms with Gasteiger partial charge in [-0.15, -0.1) is 17.9 Å². The molecule has 0 aliphatic carbocycles. The van der Waals surface area contributed by atoms with Crippen molar-refractivity contribution < 1.29 is 9.18 Å². The van der Waals surface area contributed by atoms with E-state index in [0.717, 1.165) is 10.4 Å². The topological polar surface area (TPSA) is 55.2 Å². The molecule has 0 spiro atoms. The van der Waals surface area contributed by atoms with Crippen molar-refractivity contribution in [3.05, 3.63) is 75.4 Å². The fraction of sp³-hybridized carbons (Fsp3) is 0.211. The summed E-state index contributed by atoms with van der Waals surface area (Å²) in [4.78, 5) is 33.0. The molecule has 0 saturated carbocycles. The average molecular weight is 369 g/mol. The lowest BCUT2D eigenvalue weighted by Crippen LogP contribution is -2.36. The molecule has 0 radical (unpaired) electrons. The molecule has 0 saturated heterocycles. The molecule has 1 aliphatic rings. The van der Waals surface area contributed by atoms with Gasteiger partial charge in [0, 0.05) is 18.0 Å². The van der Waals surface area contributed by atoms with Gasteiger partial charge >= 0.3 is 0 Å². The van der Waals surface area contributed by atoms with E-state index >= 15 is 0 Å². The Kier molecular flexibility index (Phi) is 4.16. The Bertz CT molecular complexity index is 1090. The van der Waals surface area contributed by atoms with E-state index in [1.165, 1.54) is 34.4 Å². The summed E-state index contributed by atoms with van der Waals surface area (Å²) in [7, 11) is 0. The first kappa shape index (κ1) is 16.7. The van der Waals surface area contributed by atoms with Crippen LogP contribution in [-0.2, 0) is 19.5 Å². The summed E-state index contributed by atoms with van der Waals surface area (Å²) in [5, 5.41) is 0.632. The number of fused-ring (bicyclic) bond motifs is 3. The Balaban J connectivity index is 1.71. The monoisotopic (exact) mass is 369 g/mol. The fourth-order valence-corrected chi connectivity index (χ4v) is 4.46. The SMILES string of the molecule is C=CCn1cnc2sc3c(c2c1=O)CCN(C(=O)c1ccccc1F)C3. The van der Waals surface area contributed by atoms with Crippen molar-refractivity contribution in [3.63, 3.8) is 0 Å². The van der Waals surface area contributed by atoms with E-state index < -0.39 is 5.82 Å². The van der Waals surface area contributed by atoms with Crippen LogP contribution in [0, 0.1) is 5.82 Å². The van der Waals surface area contributed by atoms with Crippen LogP contribution >= 0.6 is 11.3 Å². The lowest BCUT2D eigenvalue weighted by molar-refractivity contribution is 0.0732. The minimum atomic E-state index is -0.520. The van der Waals surface area contributed by atoms with Crippen LogP contribution in [0.2, 0.25) is 0 Å². The van der Waals surface area contributed by atoms with Crippen LogP contribution in [0.5, 0.6) is 0 Å². The van der Waals surface area contributed by atoms with Gasteiger partial charge in [0.1, 0.15) is 10.6 Å². The minimum Gasteiger partial charge on any atom is -0.333 e. The first-order chi connectivity index (χ1) is 12.6. The molecule has 0 atom stereocenters. The first-order valence-electron chi connectivity index (χ1n) is 8.24. The molecule has 0 N–H and O–H groups in total. The van der Waals surface area contributed by atoms with Crippen LogP contribution in [0.3, 0.4) is 0 Å². The largest absolute Gasteiger partial charge is 0.333 e. The normalized spacial score (nSPS) is 13.7. The third-order valence-electron chi connectivity index (χ3n) is 4.54. The van der Waals surface area contributed by atoms with Gasteiger partial charge in [0.2, 0.25) is 0 Å². The van der Waals surface area contributed by atoms with E-state index in [-0.39, 0.29) is 17.0 Å². The predicted octanol–water partition coefficient (Wildman–Crippen LogP) is 2.98. The molecule has 5 nitrogen and oxygen atoms in total. The number of carbonyl (C=O) groups is 1. The maximum Gasteiger partial charge on any atom is 0.262 e. The van der Waals surface area contributed by atoms with Gasteiger partial charge in [0.25, 0.3) is 11.5 Å². The van der Waals surface area contributed by atoms with Crippen LogP contribution in [0.25, 0.3) is 10.2 Å². The second-order valence-corrected chi connectivity index (χ2v) is 7.21. The van der Waals surface area contributed by atoms with Crippen molar-refractivity contribution >= 4 is 27.5 Å². The third kappa shape index (κ3) is 2.64. The van der Waals surface area contributed by atoms with Gasteiger partial charge in [-0.2, -0.15) is 0 Å². The highest BCUT2D eigenvalue weighted by atomic mass is 32.1. The molecule has 132 valence electrons. The lowest BCUT2D eigenvalue weighted by atomic mass is 10.0. The molecule has 3 aromatic rings. The van der Waals surface area contributed by atoms with Gasteiger partial charge in [0.15, 0.2) is 0 Å². The van der Waals surface area contributed by atoms with Crippen LogP contribution in [-0.4, -0.2) is 26.9 Å². The van der Waals surface area contributed by atoms with Crippen LogP contribution in [0.1, 0.15) is 20.8 Å². The van der Waals surface area contributed by atoms with Gasteiger partial charge < -0.3 is 4.90 Å². The predicted molar refractivity (Wildman–Crippen MR) is 98.9 cm³/mol. The highest BCUT2D eigenvalue weighted by Crippen LogP contribution is 2.32. The summed E-state index contributed by atoms with van der Waals surface area (Å²) in [6.07, 6.45) is 3.74. The number of carbonyl (C=O) groups excluding carboxylic acids is 1. The molecule has 2 aromatic heterocycles. The van der Waals surface area contributed by atoms with Gasteiger partial charge in [0.05, 0.1) is 23.8 Å². The summed E-state index contributed by atoms with van der Waals surface area (Å²) in [5.41, 5.74) is 0.948. The quantitative estimate of drug-likeness (QED) is 0.667. The highest BCUT2D eigenvalue weighted by Gasteiger charge is 2.27. The number of rotatable bonds is 3. The highest BCUT2D eigenvalue weighted by molar-refractivity contribution is 7.18. The van der Waals surface area contributed by atoms with Crippen molar-refractivity contribution in [2.75, 3.05) is 6.54 Å². The number of hydrogen-bond donors (Lipinski definition) is 0. The Morgan fingerprint density at radius 1 is 1.38 bits per heavy atom. The molecule has 1 aliphatic heterocycles. The molecule has 1 aromatic carbocycles. The standard InChI is InChI=1S/C19H16FN3O2S/c1-2-8-23-11-21-17-16(19(23)25)13-7-9-22(10-15(13)26-17)18(24)12-5-3-4-6-14(12)20/h2-6,11H,1,7-10H2. The van der Waals surface area contributed by atoms with Gasteiger partial charge in [-0.1, -0.05) is 18.2 Å². The molecular formula is C19H16FN3O2S. The summed E-state index contributed by atoms with van der Waals surface area (Å²) < 4.78 is 15.4. The van der Waals surface area contributed by atoms with E-state index in [1.54, 1.807) is 23.1 Å². The molecule has 0 unspecified atom stereocenters. The van der Waals surface area contributed by atoms with Gasteiger partial charge in [-0.25, -0.2) is 9.37 Å². The number of allylic oxidation sites excluding steroid dienone is 1. The molecule has 7 heteroatoms. The summed E-state index contributed by atoms with van der Waals surface area (Å²) in [6, 6.07) is 5.99. The Hall–Kier alpha value is -2.80. The number of amides is 1. The van der Waals surface area contributed by atoms with Crippen LogP contribution in [0.4, 0.5) is 4.39 Å². The van der Waals surface area contributed by atoms with Crippen LogP contribution < -0.4 is 5.56 Å². The molecular weight excluding hydrogens is 353 g/mol. The number of halogens is 1. The fourth-order valence-electron chi connectivity index (χ4n) is 3.27. The average Bonchev–Trinajstić information content (AvgIpc) is 3.02. The van der Waals surface area contributed by atoms with Gasteiger partial charge in [-0.3, -0.25) is 14.2 Å². The zero-order valence-electron chi connectivity index (χ0n) is 13.9. The zero-order valence-corrected chi connectivity index (χ0v) is 14.8. The molecule has 1 amide bonds. The Morgan fingerprint density at radius 3 is 2.96 bits per heavy atom. The van der Waals surface area contributed by atoms with Crippen molar-refractivity contribution in [2.24, 2.45) is 0 Å². The van der Waals surface area contributed by atoms with Crippen molar-refractivity contribution in [2.45, 2.75) is 19.5 Å². The third-order valence-corrected chi connectivity index (χ3v) is 5.67. The van der Waals surface area contributed by atoms with E-state index in [0.29, 0.717) is 36.3 Å². The number of aromatic nitrogens is 2. The second-order valence-electron chi connectivity index (χ2n) is 6.13. The van der Waals surface area contributed by atoms with E-state index in [1.807, 2.05) is 0 Å². The van der Waals surface area contributed by atoms with E-state index in [9.17, 15) is 14.0 Å². The number of nitrogens with zero attached hydrogens (tertiary/aromatic N) is 3. The van der Waals surface area contributed by atoms with Crippen LogP contribution in [0.15, 0.2) is 48.0 Å². The molecule has 0 fully saturated rings. The molecule has 3 heterocycles. The second kappa shape index (κ2) is 6.49. The van der Waals surface area contributed by atoms with Gasteiger partial charge in [-0.05, 0) is 24.1 Å². The Labute approximate surface area is 153 Å². The number of benzene rings is 1. The van der Waals surface area contributed by atoms with Crippen molar-refractivity contribution in [3.8, 4) is 0 Å². The van der Waals surface area contributed by atoms with Crippen molar-refractivity contribution in [1.82, 2.24) is 14.5 Å². The summed E-state index contributed by atoms with van der Waals surface area (Å²) >= 11 is 1.42. The molecule has 4 rings (SSSR count). The van der Waals surface area contributed by atoms with E-state index in [2.05, 4.69) is 11.6 Å². The maximum absolute atomic E-state index is 13.9. The number of thiophene rings is 1. The lowest BCUT2D eigenvalue weighted by Gasteiger charge is -2.27. The smallest absolute Gasteiger partial charge is 0.262 e. The maximum atomic E-state index is 13.9. The molecule has 0 bridgehead atoms. The first-order valence-corrected chi connectivity index (χ1v) is 9.06.